The van der Waals surface area contributed by atoms with Crippen LogP contribution in [0.5, 0.6) is 0 Å². The van der Waals surface area contributed by atoms with Gasteiger partial charge < -0.3 is 20.1 Å². The van der Waals surface area contributed by atoms with Crippen molar-refractivity contribution in [2.45, 2.75) is 26.0 Å². The lowest BCUT2D eigenvalue weighted by atomic mass is 10.1. The number of fused-ring (bicyclic) bond motifs is 1. The molecule has 9 nitrogen and oxygen atoms in total. The SMILES string of the molecule is COCCCn1cc(-c2ccnc(NC[C@H](C)O)n2)c(-c2cnc3[nH]cc(Cl)c3c2)n1. The second-order valence-electron chi connectivity index (χ2n) is 7.25. The summed E-state index contributed by atoms with van der Waals surface area (Å²) < 4.78 is 7.05. The average Bonchev–Trinajstić information content (AvgIpc) is 3.36. The molecule has 162 valence electrons. The minimum atomic E-state index is -0.504. The fraction of sp³-hybridized carbons (Fsp3) is 0.333. The number of methoxy groups -OCH3 is 1. The van der Waals surface area contributed by atoms with Gasteiger partial charge in [0.1, 0.15) is 11.3 Å². The van der Waals surface area contributed by atoms with Crippen LogP contribution in [0.1, 0.15) is 13.3 Å². The molecule has 3 N–H and O–H groups in total. The number of aromatic amines is 1. The van der Waals surface area contributed by atoms with E-state index in [4.69, 9.17) is 21.4 Å². The average molecular weight is 442 g/mol. The van der Waals surface area contributed by atoms with Gasteiger partial charge in [-0.3, -0.25) is 4.68 Å². The highest BCUT2D eigenvalue weighted by atomic mass is 35.5. The lowest BCUT2D eigenvalue weighted by Gasteiger charge is -2.08. The fourth-order valence-electron chi connectivity index (χ4n) is 3.24. The zero-order valence-corrected chi connectivity index (χ0v) is 18.1. The van der Waals surface area contributed by atoms with Crippen molar-refractivity contribution >= 4 is 28.6 Å². The molecule has 0 aromatic carbocycles. The molecule has 0 unspecified atom stereocenters. The van der Waals surface area contributed by atoms with Crippen molar-refractivity contribution in [3.8, 4) is 22.5 Å². The third kappa shape index (κ3) is 4.84. The van der Waals surface area contributed by atoms with Gasteiger partial charge in [0, 0.05) is 68.1 Å². The highest BCUT2D eigenvalue weighted by Gasteiger charge is 2.17. The number of nitrogens with zero attached hydrogens (tertiary/aromatic N) is 5. The number of aromatic nitrogens is 6. The van der Waals surface area contributed by atoms with Gasteiger partial charge in [-0.1, -0.05) is 11.6 Å². The number of halogens is 1. The normalized spacial score (nSPS) is 12.4. The summed E-state index contributed by atoms with van der Waals surface area (Å²) in [4.78, 5) is 16.4. The quantitative estimate of drug-likeness (QED) is 0.341. The van der Waals surface area contributed by atoms with Crippen molar-refractivity contribution in [2.24, 2.45) is 0 Å². The summed E-state index contributed by atoms with van der Waals surface area (Å²) in [6.07, 6.45) is 7.47. The van der Waals surface area contributed by atoms with Crippen molar-refractivity contribution in [1.82, 2.24) is 29.7 Å². The molecule has 4 aromatic rings. The maximum Gasteiger partial charge on any atom is 0.223 e. The van der Waals surface area contributed by atoms with E-state index in [2.05, 4.69) is 25.3 Å². The largest absolute Gasteiger partial charge is 0.392 e. The molecule has 0 fully saturated rings. The molecule has 0 bridgehead atoms. The molecule has 0 saturated carbocycles. The van der Waals surface area contributed by atoms with E-state index < -0.39 is 6.10 Å². The van der Waals surface area contributed by atoms with E-state index in [0.717, 1.165) is 40.0 Å². The van der Waals surface area contributed by atoms with Crippen LogP contribution < -0.4 is 5.32 Å². The Balaban J connectivity index is 1.75. The van der Waals surface area contributed by atoms with Gasteiger partial charge in [0.2, 0.25) is 5.95 Å². The Labute approximate surface area is 184 Å². The summed E-state index contributed by atoms with van der Waals surface area (Å²) in [6, 6.07) is 3.81. The summed E-state index contributed by atoms with van der Waals surface area (Å²) >= 11 is 6.30. The monoisotopic (exact) mass is 441 g/mol. The third-order valence-corrected chi connectivity index (χ3v) is 5.05. The molecule has 0 saturated heterocycles. The number of hydrogen-bond acceptors (Lipinski definition) is 7. The summed E-state index contributed by atoms with van der Waals surface area (Å²) in [5.41, 5.74) is 3.89. The van der Waals surface area contributed by atoms with E-state index in [9.17, 15) is 5.11 Å². The number of H-pyrrole nitrogens is 1. The highest BCUT2D eigenvalue weighted by molar-refractivity contribution is 6.35. The molecule has 0 aliphatic rings. The van der Waals surface area contributed by atoms with Gasteiger partial charge in [0.25, 0.3) is 0 Å². The molecular weight excluding hydrogens is 418 g/mol. The van der Waals surface area contributed by atoms with Gasteiger partial charge in [-0.05, 0) is 25.5 Å². The number of ether oxygens (including phenoxy) is 1. The maximum atomic E-state index is 9.53. The van der Waals surface area contributed by atoms with E-state index in [-0.39, 0.29) is 0 Å². The first-order valence-corrected chi connectivity index (χ1v) is 10.4. The number of nitrogens with one attached hydrogen (secondary N) is 2. The maximum absolute atomic E-state index is 9.53. The number of hydrogen-bond donors (Lipinski definition) is 3. The number of aryl methyl sites for hydroxylation is 1. The van der Waals surface area contributed by atoms with Gasteiger partial charge in [-0.2, -0.15) is 5.10 Å². The van der Waals surface area contributed by atoms with Crippen molar-refractivity contribution in [3.05, 3.63) is 41.9 Å². The number of anilines is 1. The molecule has 4 rings (SSSR count). The number of pyridine rings is 1. The predicted molar refractivity (Wildman–Crippen MR) is 120 cm³/mol. The summed E-state index contributed by atoms with van der Waals surface area (Å²) in [6.45, 7) is 3.42. The number of rotatable bonds is 9. The molecule has 31 heavy (non-hydrogen) atoms. The highest BCUT2D eigenvalue weighted by Crippen LogP contribution is 2.33. The molecule has 1 atom stereocenters. The molecule has 0 radical (unpaired) electrons. The molecule has 0 aliphatic heterocycles. The number of aliphatic hydroxyl groups is 1. The van der Waals surface area contributed by atoms with Gasteiger partial charge >= 0.3 is 0 Å². The van der Waals surface area contributed by atoms with Crippen LogP contribution in [0.15, 0.2) is 36.9 Å². The first kappa shape index (κ1) is 21.2. The Bertz CT molecular complexity index is 1170. The molecule has 0 aliphatic carbocycles. The minimum Gasteiger partial charge on any atom is -0.392 e. The van der Waals surface area contributed by atoms with Crippen molar-refractivity contribution in [2.75, 3.05) is 25.6 Å². The third-order valence-electron chi connectivity index (χ3n) is 4.74. The van der Waals surface area contributed by atoms with Crippen LogP contribution in [0.2, 0.25) is 5.02 Å². The Morgan fingerprint density at radius 3 is 3.03 bits per heavy atom. The zero-order chi connectivity index (χ0) is 21.8. The van der Waals surface area contributed by atoms with Crippen LogP contribution in [-0.4, -0.2) is 61.2 Å². The Kier molecular flexibility index (Phi) is 6.45. The standard InChI is InChI=1S/C21H24ClN7O2/c1-13(30)9-26-21-23-5-4-18(27-21)16-12-29(6-3-7-31-2)28-19(16)14-8-15-17(22)11-25-20(15)24-10-14/h4-5,8,10-13,30H,3,6-7,9H2,1-2H3,(H,24,25)(H,23,26,27)/t13-/m0/s1. The molecular formula is C21H24ClN7O2. The summed E-state index contributed by atoms with van der Waals surface area (Å²) in [5, 5.41) is 18.8. The van der Waals surface area contributed by atoms with Crippen molar-refractivity contribution in [3.63, 3.8) is 0 Å². The van der Waals surface area contributed by atoms with Gasteiger partial charge in [0.15, 0.2) is 0 Å². The van der Waals surface area contributed by atoms with E-state index in [1.807, 2.05) is 23.0 Å². The van der Waals surface area contributed by atoms with Crippen LogP contribution in [0.3, 0.4) is 0 Å². The van der Waals surface area contributed by atoms with Crippen LogP contribution >= 0.6 is 11.6 Å². The Morgan fingerprint density at radius 1 is 1.35 bits per heavy atom. The van der Waals surface area contributed by atoms with E-state index in [1.54, 1.807) is 32.6 Å². The van der Waals surface area contributed by atoms with E-state index in [0.29, 0.717) is 30.7 Å². The molecule has 0 amide bonds. The molecule has 10 heteroatoms. The molecule has 0 spiro atoms. The fourth-order valence-corrected chi connectivity index (χ4v) is 3.44. The smallest absolute Gasteiger partial charge is 0.223 e. The Hall–Kier alpha value is -3.01. The molecule has 4 heterocycles. The molecule has 4 aromatic heterocycles. The lowest BCUT2D eigenvalue weighted by Crippen LogP contribution is -2.16. The second kappa shape index (κ2) is 9.42. The first-order valence-electron chi connectivity index (χ1n) is 10.00. The van der Waals surface area contributed by atoms with Gasteiger partial charge in [-0.15, -0.1) is 0 Å². The van der Waals surface area contributed by atoms with E-state index >= 15 is 0 Å². The second-order valence-corrected chi connectivity index (χ2v) is 7.66. The van der Waals surface area contributed by atoms with Crippen LogP contribution in [-0.2, 0) is 11.3 Å². The van der Waals surface area contributed by atoms with Gasteiger partial charge in [0.05, 0.1) is 16.8 Å². The minimum absolute atomic E-state index is 0.360. The van der Waals surface area contributed by atoms with Crippen LogP contribution in [0, 0.1) is 0 Å². The predicted octanol–water partition coefficient (Wildman–Crippen LogP) is 3.37. The zero-order valence-electron chi connectivity index (χ0n) is 17.3. The summed E-state index contributed by atoms with van der Waals surface area (Å²) in [7, 11) is 1.68. The summed E-state index contributed by atoms with van der Waals surface area (Å²) in [5.74, 6) is 0.443. The lowest BCUT2D eigenvalue weighted by molar-refractivity contribution is 0.189. The number of aliphatic hydroxyl groups excluding tert-OH is 1. The van der Waals surface area contributed by atoms with Gasteiger partial charge in [-0.25, -0.2) is 15.0 Å². The van der Waals surface area contributed by atoms with Crippen LogP contribution in [0.25, 0.3) is 33.5 Å². The van der Waals surface area contributed by atoms with Crippen LogP contribution in [0.4, 0.5) is 5.95 Å². The van der Waals surface area contributed by atoms with Crippen molar-refractivity contribution in [1.29, 1.82) is 0 Å². The first-order chi connectivity index (χ1) is 15.0. The topological polar surface area (TPSA) is 114 Å². The van der Waals surface area contributed by atoms with Crippen molar-refractivity contribution < 1.29 is 9.84 Å². The Morgan fingerprint density at radius 2 is 2.23 bits per heavy atom. The van der Waals surface area contributed by atoms with E-state index in [1.165, 1.54) is 0 Å².